The minimum atomic E-state index is -0.313. The molecule has 32 heavy (non-hydrogen) atoms. The van der Waals surface area contributed by atoms with Gasteiger partial charge in [-0.2, -0.15) is 0 Å². The molecule has 1 fully saturated rings. The zero-order chi connectivity index (χ0) is 22.3. The van der Waals surface area contributed by atoms with Crippen LogP contribution >= 0.6 is 11.8 Å². The van der Waals surface area contributed by atoms with E-state index in [0.29, 0.717) is 16.6 Å². The molecule has 4 rings (SSSR count). The highest BCUT2D eigenvalue weighted by molar-refractivity contribution is 8.00. The number of likely N-dealkylation sites (tertiary alicyclic amines) is 1. The van der Waals surface area contributed by atoms with E-state index in [1.165, 1.54) is 11.1 Å². The van der Waals surface area contributed by atoms with E-state index < -0.39 is 0 Å². The van der Waals surface area contributed by atoms with E-state index >= 15 is 0 Å². The number of amides is 2. The van der Waals surface area contributed by atoms with Crippen molar-refractivity contribution in [3.8, 4) is 0 Å². The highest BCUT2D eigenvalue weighted by Gasteiger charge is 2.34. The van der Waals surface area contributed by atoms with Crippen LogP contribution in [0.3, 0.4) is 0 Å². The van der Waals surface area contributed by atoms with Gasteiger partial charge < -0.3 is 0 Å². The van der Waals surface area contributed by atoms with E-state index in [1.54, 1.807) is 23.9 Å². The number of hydrazine groups is 1. The molecule has 0 unspecified atom stereocenters. The normalized spacial score (nSPS) is 14.1. The Kier molecular flexibility index (Phi) is 7.24. The summed E-state index contributed by atoms with van der Waals surface area (Å²) in [4.78, 5) is 26.7. The largest absolute Gasteiger partial charge is 0.290 e. The van der Waals surface area contributed by atoms with Gasteiger partial charge in [0.1, 0.15) is 0 Å². The Hall–Kier alpha value is -3.09. The number of aryl methyl sites for hydroxylation is 1. The molecule has 1 aliphatic rings. The van der Waals surface area contributed by atoms with Crippen LogP contribution in [-0.4, -0.2) is 40.8 Å². The van der Waals surface area contributed by atoms with Gasteiger partial charge in [-0.25, -0.2) is 0 Å². The molecule has 3 aromatic rings. The van der Waals surface area contributed by atoms with Crippen LogP contribution in [0.4, 0.5) is 0 Å². The van der Waals surface area contributed by atoms with Gasteiger partial charge in [-0.3, -0.25) is 25.3 Å². The van der Waals surface area contributed by atoms with Crippen molar-refractivity contribution in [3.63, 3.8) is 0 Å². The number of nitrogens with one attached hydrogen (secondary N) is 2. The molecule has 0 atom stereocenters. The lowest BCUT2D eigenvalue weighted by atomic mass is 9.94. The highest BCUT2D eigenvalue weighted by atomic mass is 32.2. The monoisotopic (exact) mass is 445 g/mol. The van der Waals surface area contributed by atoms with Crippen molar-refractivity contribution in [1.82, 2.24) is 15.8 Å². The maximum atomic E-state index is 12.2. The molecule has 2 N–H and O–H groups in total. The number of carbonyl (C=O) groups excluding carboxylic acids is 2. The molecule has 6 heteroatoms. The first-order chi connectivity index (χ1) is 15.6. The Labute approximate surface area is 193 Å². The zero-order valence-corrected chi connectivity index (χ0v) is 18.8. The van der Waals surface area contributed by atoms with Crippen LogP contribution in [0.5, 0.6) is 0 Å². The lowest BCUT2D eigenvalue weighted by Crippen LogP contribution is -2.51. The van der Waals surface area contributed by atoms with Crippen molar-refractivity contribution in [2.24, 2.45) is 0 Å². The number of nitrogens with zero attached hydrogens (tertiary/aromatic N) is 1. The van der Waals surface area contributed by atoms with Crippen molar-refractivity contribution in [3.05, 3.63) is 107 Å². The lowest BCUT2D eigenvalue weighted by molar-refractivity contribution is -0.119. The molecule has 0 bridgehead atoms. The van der Waals surface area contributed by atoms with Crippen molar-refractivity contribution in [1.29, 1.82) is 0 Å². The summed E-state index contributed by atoms with van der Waals surface area (Å²) in [5.74, 6) is -0.197. The molecule has 1 saturated heterocycles. The standard InChI is InChI=1S/C26H27N3O2S/c1-19-12-14-22(15-13-19)26(31)28-27-24(30)18-32-23-16-29(17-23)25(20-8-4-2-5-9-20)21-10-6-3-7-11-21/h2-15,23,25H,16-18H2,1H3,(H,27,30)(H,28,31). The number of carbonyl (C=O) groups is 2. The molecule has 1 heterocycles. The molecule has 164 valence electrons. The SMILES string of the molecule is Cc1ccc(C(=O)NNC(=O)CSC2CN(C(c3ccccc3)c3ccccc3)C2)cc1. The summed E-state index contributed by atoms with van der Waals surface area (Å²) in [6.45, 7) is 3.80. The molecule has 0 radical (unpaired) electrons. The lowest BCUT2D eigenvalue weighted by Gasteiger charge is -2.44. The number of thioether (sulfide) groups is 1. The fourth-order valence-corrected chi connectivity index (χ4v) is 4.86. The zero-order valence-electron chi connectivity index (χ0n) is 18.0. The fraction of sp³-hybridized carbons (Fsp3) is 0.231. The summed E-state index contributed by atoms with van der Waals surface area (Å²) in [6.07, 6.45) is 0. The van der Waals surface area contributed by atoms with Crippen molar-refractivity contribution < 1.29 is 9.59 Å². The van der Waals surface area contributed by atoms with Crippen LogP contribution in [0.2, 0.25) is 0 Å². The van der Waals surface area contributed by atoms with Gasteiger partial charge in [0.25, 0.3) is 5.91 Å². The Morgan fingerprint density at radius 2 is 1.44 bits per heavy atom. The van der Waals surface area contributed by atoms with Gasteiger partial charge in [0.2, 0.25) is 5.91 Å². The van der Waals surface area contributed by atoms with Gasteiger partial charge in [-0.15, -0.1) is 11.8 Å². The molecule has 0 aromatic heterocycles. The number of rotatable bonds is 7. The second kappa shape index (κ2) is 10.5. The number of benzene rings is 3. The second-order valence-corrected chi connectivity index (χ2v) is 9.27. The Morgan fingerprint density at radius 1 is 0.875 bits per heavy atom. The van der Waals surface area contributed by atoms with Crippen molar-refractivity contribution in [2.75, 3.05) is 18.8 Å². The predicted molar refractivity (Wildman–Crippen MR) is 129 cm³/mol. The summed E-state index contributed by atoms with van der Waals surface area (Å²) < 4.78 is 0. The van der Waals surface area contributed by atoms with Crippen LogP contribution in [0, 0.1) is 6.92 Å². The molecule has 5 nitrogen and oxygen atoms in total. The van der Waals surface area contributed by atoms with Crippen LogP contribution < -0.4 is 10.9 Å². The maximum absolute atomic E-state index is 12.2. The average Bonchev–Trinajstić information content (AvgIpc) is 2.80. The molecular formula is C26H27N3O2S. The highest BCUT2D eigenvalue weighted by Crippen LogP contribution is 2.35. The molecule has 0 spiro atoms. The second-order valence-electron chi connectivity index (χ2n) is 7.98. The van der Waals surface area contributed by atoms with Crippen molar-refractivity contribution in [2.45, 2.75) is 18.2 Å². The van der Waals surface area contributed by atoms with E-state index in [4.69, 9.17) is 0 Å². The van der Waals surface area contributed by atoms with Crippen LogP contribution in [0.15, 0.2) is 84.9 Å². The molecule has 3 aromatic carbocycles. The van der Waals surface area contributed by atoms with Gasteiger partial charge in [0.15, 0.2) is 0 Å². The van der Waals surface area contributed by atoms with E-state index in [-0.39, 0.29) is 17.9 Å². The topological polar surface area (TPSA) is 61.4 Å². The Morgan fingerprint density at radius 3 is 2.00 bits per heavy atom. The van der Waals surface area contributed by atoms with Gasteiger partial charge in [0, 0.05) is 23.9 Å². The van der Waals surface area contributed by atoms with Gasteiger partial charge in [-0.1, -0.05) is 78.4 Å². The third-order valence-electron chi connectivity index (χ3n) is 5.55. The average molecular weight is 446 g/mol. The summed E-state index contributed by atoms with van der Waals surface area (Å²) in [5, 5.41) is 0.392. The molecule has 0 saturated carbocycles. The molecule has 0 aliphatic carbocycles. The van der Waals surface area contributed by atoms with Crippen molar-refractivity contribution >= 4 is 23.6 Å². The minimum Gasteiger partial charge on any atom is -0.290 e. The summed E-state index contributed by atoms with van der Waals surface area (Å²) in [7, 11) is 0. The van der Waals surface area contributed by atoms with Gasteiger partial charge >= 0.3 is 0 Å². The van der Waals surface area contributed by atoms with Crippen LogP contribution in [0.25, 0.3) is 0 Å². The summed E-state index contributed by atoms with van der Waals surface area (Å²) >= 11 is 1.63. The third-order valence-corrected chi connectivity index (χ3v) is 6.75. The Bertz CT molecular complexity index is 996. The summed E-state index contributed by atoms with van der Waals surface area (Å²) in [6, 6.07) is 28.5. The van der Waals surface area contributed by atoms with Crippen LogP contribution in [-0.2, 0) is 4.79 Å². The quantitative estimate of drug-likeness (QED) is 0.541. The number of hydrogen-bond acceptors (Lipinski definition) is 4. The number of hydrogen-bond donors (Lipinski definition) is 2. The van der Waals surface area contributed by atoms with Crippen LogP contribution in [0.1, 0.15) is 33.1 Å². The Balaban J connectivity index is 1.24. The minimum absolute atomic E-state index is 0.198. The first-order valence-electron chi connectivity index (χ1n) is 10.7. The van der Waals surface area contributed by atoms with E-state index in [2.05, 4.69) is 64.3 Å². The smallest absolute Gasteiger partial charge is 0.269 e. The first-order valence-corrected chi connectivity index (χ1v) is 11.8. The predicted octanol–water partition coefficient (Wildman–Crippen LogP) is 3.96. The maximum Gasteiger partial charge on any atom is 0.269 e. The van der Waals surface area contributed by atoms with E-state index in [1.807, 2.05) is 31.2 Å². The summed E-state index contributed by atoms with van der Waals surface area (Å²) in [5.41, 5.74) is 9.15. The molecule has 1 aliphatic heterocycles. The van der Waals surface area contributed by atoms with Gasteiger partial charge in [0.05, 0.1) is 11.8 Å². The van der Waals surface area contributed by atoms with E-state index in [9.17, 15) is 9.59 Å². The van der Waals surface area contributed by atoms with Gasteiger partial charge in [-0.05, 0) is 30.2 Å². The third kappa shape index (κ3) is 5.58. The first kappa shape index (κ1) is 22.1. The van der Waals surface area contributed by atoms with E-state index in [0.717, 1.165) is 18.7 Å². The molecular weight excluding hydrogens is 418 g/mol. The molecule has 2 amide bonds. The fourth-order valence-electron chi connectivity index (χ4n) is 3.80.